The van der Waals surface area contributed by atoms with Crippen molar-refractivity contribution in [2.75, 3.05) is 18.5 Å². The Kier molecular flexibility index (Phi) is 6.02. The van der Waals surface area contributed by atoms with Crippen LogP contribution in [0.25, 0.3) is 0 Å². The van der Waals surface area contributed by atoms with E-state index in [0.717, 1.165) is 34.4 Å². The first kappa shape index (κ1) is 15.8. The highest BCUT2D eigenvalue weighted by Crippen LogP contribution is 2.21. The number of hydrogen-bond donors (Lipinski definition) is 2. The Morgan fingerprint density at radius 3 is 2.67 bits per heavy atom. The van der Waals surface area contributed by atoms with E-state index in [2.05, 4.69) is 21.2 Å². The third-order valence-corrected chi connectivity index (χ3v) is 3.61. The summed E-state index contributed by atoms with van der Waals surface area (Å²) in [7, 11) is 0. The monoisotopic (exact) mass is 364 g/mol. The smallest absolute Gasteiger partial charge is 0.119 e. The molecule has 0 amide bonds. The van der Waals surface area contributed by atoms with Crippen LogP contribution in [0.15, 0.2) is 53.0 Å². The number of ether oxygens (including phenoxy) is 1. The highest BCUT2D eigenvalue weighted by atomic mass is 79.9. The van der Waals surface area contributed by atoms with Gasteiger partial charge in [0.05, 0.1) is 6.61 Å². The molecule has 3 nitrogen and oxygen atoms in total. The molecule has 0 radical (unpaired) electrons. The van der Waals surface area contributed by atoms with Crippen LogP contribution < -0.4 is 15.8 Å². The van der Waals surface area contributed by atoms with E-state index in [1.807, 2.05) is 48.5 Å². The number of halogens is 1. The first-order valence-corrected chi connectivity index (χ1v) is 7.88. The van der Waals surface area contributed by atoms with E-state index >= 15 is 0 Å². The van der Waals surface area contributed by atoms with Crippen LogP contribution in [0.5, 0.6) is 5.75 Å². The molecule has 2 aromatic rings. The first-order valence-electron chi connectivity index (χ1n) is 6.68. The minimum Gasteiger partial charge on any atom is -0.494 e. The average molecular weight is 365 g/mol. The molecule has 0 aliphatic carbocycles. The molecule has 0 saturated heterocycles. The molecule has 0 saturated carbocycles. The molecule has 0 unspecified atom stereocenters. The molecule has 0 bridgehead atoms. The minimum atomic E-state index is 0.388. The lowest BCUT2D eigenvalue weighted by Gasteiger charge is -2.12. The zero-order valence-corrected chi connectivity index (χ0v) is 13.9. The van der Waals surface area contributed by atoms with Gasteiger partial charge in [0, 0.05) is 22.3 Å². The molecule has 0 aromatic heterocycles. The van der Waals surface area contributed by atoms with Gasteiger partial charge in [0.15, 0.2) is 0 Å². The van der Waals surface area contributed by atoms with Gasteiger partial charge in [-0.25, -0.2) is 0 Å². The molecule has 0 heterocycles. The summed E-state index contributed by atoms with van der Waals surface area (Å²) in [5, 5.41) is 3.34. The highest BCUT2D eigenvalue weighted by Gasteiger charge is 2.05. The minimum absolute atomic E-state index is 0.388. The summed E-state index contributed by atoms with van der Waals surface area (Å²) < 4.78 is 6.60. The molecule has 5 heteroatoms. The van der Waals surface area contributed by atoms with Gasteiger partial charge in [0.2, 0.25) is 0 Å². The second-order valence-electron chi connectivity index (χ2n) is 4.50. The van der Waals surface area contributed by atoms with E-state index < -0.39 is 0 Å². The van der Waals surface area contributed by atoms with Gasteiger partial charge in [-0.05, 0) is 36.8 Å². The summed E-state index contributed by atoms with van der Waals surface area (Å²) in [5.74, 6) is 0.893. The van der Waals surface area contributed by atoms with Crippen LogP contribution in [-0.2, 0) is 0 Å². The summed E-state index contributed by atoms with van der Waals surface area (Å²) in [6, 6.07) is 15.7. The van der Waals surface area contributed by atoms with Gasteiger partial charge < -0.3 is 15.8 Å². The molecular formula is C16H17BrN2OS. The maximum atomic E-state index is 5.74. The van der Waals surface area contributed by atoms with E-state index in [1.165, 1.54) is 0 Å². The Hall–Kier alpha value is -1.59. The summed E-state index contributed by atoms with van der Waals surface area (Å²) in [6.07, 6.45) is 0.891. The van der Waals surface area contributed by atoms with Crippen molar-refractivity contribution in [2.24, 2.45) is 5.73 Å². The number of benzene rings is 2. The van der Waals surface area contributed by atoms with E-state index in [0.29, 0.717) is 11.6 Å². The zero-order chi connectivity index (χ0) is 15.1. The molecule has 2 rings (SSSR count). The maximum Gasteiger partial charge on any atom is 0.119 e. The molecule has 0 aliphatic heterocycles. The van der Waals surface area contributed by atoms with Crippen molar-refractivity contribution in [3.05, 3.63) is 58.6 Å². The Morgan fingerprint density at radius 2 is 1.95 bits per heavy atom. The number of anilines is 1. The zero-order valence-electron chi connectivity index (χ0n) is 11.5. The topological polar surface area (TPSA) is 47.3 Å². The molecule has 110 valence electrons. The van der Waals surface area contributed by atoms with Crippen molar-refractivity contribution in [3.8, 4) is 5.75 Å². The van der Waals surface area contributed by atoms with Crippen molar-refractivity contribution >= 4 is 38.8 Å². The Labute approximate surface area is 138 Å². The molecule has 0 spiro atoms. The predicted molar refractivity (Wildman–Crippen MR) is 95.1 cm³/mol. The largest absolute Gasteiger partial charge is 0.494 e. The van der Waals surface area contributed by atoms with Crippen LogP contribution in [0, 0.1) is 0 Å². The van der Waals surface area contributed by atoms with Crippen LogP contribution in [0.2, 0.25) is 0 Å². The van der Waals surface area contributed by atoms with Gasteiger partial charge in [0.25, 0.3) is 0 Å². The number of rotatable bonds is 7. The summed E-state index contributed by atoms with van der Waals surface area (Å²) in [6.45, 7) is 1.46. The van der Waals surface area contributed by atoms with Crippen molar-refractivity contribution < 1.29 is 4.74 Å². The van der Waals surface area contributed by atoms with Crippen LogP contribution in [0.1, 0.15) is 12.0 Å². The molecular weight excluding hydrogens is 348 g/mol. The van der Waals surface area contributed by atoms with Crippen LogP contribution in [0.3, 0.4) is 0 Å². The number of nitrogens with two attached hydrogens (primary N) is 1. The Bertz CT molecular complexity index is 604. The quantitative estimate of drug-likeness (QED) is 0.576. The normalized spacial score (nSPS) is 10.1. The second kappa shape index (κ2) is 8.00. The lowest BCUT2D eigenvalue weighted by atomic mass is 10.1. The summed E-state index contributed by atoms with van der Waals surface area (Å²) >= 11 is 8.49. The lowest BCUT2D eigenvalue weighted by molar-refractivity contribution is 0.315. The van der Waals surface area contributed by atoms with Crippen LogP contribution >= 0.6 is 28.1 Å². The lowest BCUT2D eigenvalue weighted by Crippen LogP contribution is -2.14. The van der Waals surface area contributed by atoms with Gasteiger partial charge >= 0.3 is 0 Å². The highest BCUT2D eigenvalue weighted by molar-refractivity contribution is 9.10. The Balaban J connectivity index is 1.80. The number of nitrogens with one attached hydrogen (secondary N) is 1. The van der Waals surface area contributed by atoms with Crippen molar-refractivity contribution in [2.45, 2.75) is 6.42 Å². The summed E-state index contributed by atoms with van der Waals surface area (Å²) in [5.41, 5.74) is 7.54. The van der Waals surface area contributed by atoms with Crippen molar-refractivity contribution in [1.29, 1.82) is 0 Å². The van der Waals surface area contributed by atoms with E-state index in [9.17, 15) is 0 Å². The van der Waals surface area contributed by atoms with Gasteiger partial charge in [0.1, 0.15) is 10.7 Å². The van der Waals surface area contributed by atoms with Crippen LogP contribution in [-0.4, -0.2) is 18.1 Å². The number of thiocarbonyl (C=S) groups is 1. The standard InChI is InChI=1S/C16H17BrN2OS/c17-12-7-8-15(14(11-12)16(18)21)19-9-4-10-20-13-5-2-1-3-6-13/h1-3,5-8,11,19H,4,9-10H2,(H2,18,21). The summed E-state index contributed by atoms with van der Waals surface area (Å²) in [4.78, 5) is 0.388. The van der Waals surface area contributed by atoms with Gasteiger partial charge in [-0.1, -0.05) is 46.3 Å². The molecule has 21 heavy (non-hydrogen) atoms. The van der Waals surface area contributed by atoms with Gasteiger partial charge in [-0.2, -0.15) is 0 Å². The van der Waals surface area contributed by atoms with Crippen molar-refractivity contribution in [3.63, 3.8) is 0 Å². The first-order chi connectivity index (χ1) is 10.2. The molecule has 0 aliphatic rings. The SMILES string of the molecule is NC(=S)c1cc(Br)ccc1NCCCOc1ccccc1. The predicted octanol–water partition coefficient (Wildman–Crippen LogP) is 3.96. The van der Waals surface area contributed by atoms with E-state index in [4.69, 9.17) is 22.7 Å². The second-order valence-corrected chi connectivity index (χ2v) is 5.85. The third-order valence-electron chi connectivity index (χ3n) is 2.90. The fourth-order valence-electron chi connectivity index (χ4n) is 1.88. The van der Waals surface area contributed by atoms with E-state index in [-0.39, 0.29) is 0 Å². The third kappa shape index (κ3) is 5.02. The number of hydrogen-bond acceptors (Lipinski definition) is 3. The fourth-order valence-corrected chi connectivity index (χ4v) is 2.41. The Morgan fingerprint density at radius 1 is 1.19 bits per heavy atom. The van der Waals surface area contributed by atoms with E-state index in [1.54, 1.807) is 0 Å². The molecule has 3 N–H and O–H groups in total. The number of para-hydroxylation sites is 1. The van der Waals surface area contributed by atoms with Crippen LogP contribution in [0.4, 0.5) is 5.69 Å². The van der Waals surface area contributed by atoms with Gasteiger partial charge in [-0.15, -0.1) is 0 Å². The molecule has 0 fully saturated rings. The van der Waals surface area contributed by atoms with Gasteiger partial charge in [-0.3, -0.25) is 0 Å². The van der Waals surface area contributed by atoms with Crippen molar-refractivity contribution in [1.82, 2.24) is 0 Å². The average Bonchev–Trinajstić information content (AvgIpc) is 2.49. The molecule has 2 aromatic carbocycles. The fraction of sp³-hybridized carbons (Fsp3) is 0.188. The molecule has 0 atom stereocenters. The maximum absolute atomic E-state index is 5.74.